The molecule has 0 unspecified atom stereocenters. The average molecular weight is 1620 g/mol. The van der Waals surface area contributed by atoms with Crippen molar-refractivity contribution in [2.24, 2.45) is 17.8 Å². The molecule has 8 aromatic rings. The number of aryl methyl sites for hydroxylation is 1. The van der Waals surface area contributed by atoms with Gasteiger partial charge in [-0.1, -0.05) is 67.6 Å². The summed E-state index contributed by atoms with van der Waals surface area (Å²) in [5.41, 5.74) is 6.43. The molecule has 640 valence electrons. The highest BCUT2D eigenvalue weighted by atomic mass is 15.3. The summed E-state index contributed by atoms with van der Waals surface area (Å²) in [6.07, 6.45) is 51.9. The Morgan fingerprint density at radius 1 is 0.345 bits per heavy atom. The summed E-state index contributed by atoms with van der Waals surface area (Å²) in [6, 6.07) is 41.7. The van der Waals surface area contributed by atoms with E-state index in [2.05, 4.69) is 211 Å². The van der Waals surface area contributed by atoms with E-state index in [0.717, 1.165) is 179 Å². The van der Waals surface area contributed by atoms with Crippen molar-refractivity contribution in [3.63, 3.8) is 0 Å². The lowest BCUT2D eigenvalue weighted by atomic mass is 10.0. The van der Waals surface area contributed by atoms with Crippen LogP contribution in [0.2, 0.25) is 0 Å². The van der Waals surface area contributed by atoms with Gasteiger partial charge in [-0.05, 0) is 317 Å². The number of nitrogens with one attached hydrogen (secondary N) is 7. The van der Waals surface area contributed by atoms with Gasteiger partial charge in [-0.15, -0.1) is 19.7 Å². The zero-order chi connectivity index (χ0) is 81.9. The van der Waals surface area contributed by atoms with Crippen LogP contribution in [0.25, 0.3) is 0 Å². The Morgan fingerprint density at radius 2 is 0.697 bits per heavy atom. The van der Waals surface area contributed by atoms with E-state index in [0.29, 0.717) is 42.3 Å². The topological polar surface area (TPSA) is 225 Å². The predicted octanol–water partition coefficient (Wildman–Crippen LogP) is 13.4. The van der Waals surface area contributed by atoms with Gasteiger partial charge in [0.25, 0.3) is 0 Å². The van der Waals surface area contributed by atoms with Crippen LogP contribution in [0.3, 0.4) is 0 Å². The molecule has 3 saturated carbocycles. The number of anilines is 6. The molecule has 0 amide bonds. The molecular formula is C96H141N23. The Morgan fingerprint density at radius 3 is 1.12 bits per heavy atom. The first kappa shape index (κ1) is 89.2. The second-order valence-corrected chi connectivity index (χ2v) is 33.5. The van der Waals surface area contributed by atoms with E-state index in [1.807, 2.05) is 104 Å². The summed E-state index contributed by atoms with van der Waals surface area (Å²) < 4.78 is 2.29. The fourth-order valence-corrected chi connectivity index (χ4v) is 17.4. The van der Waals surface area contributed by atoms with Gasteiger partial charge in [-0.3, -0.25) is 14.6 Å². The lowest BCUT2D eigenvalue weighted by molar-refractivity contribution is 0.335. The largest absolute Gasteiger partial charge is 0.367 e. The van der Waals surface area contributed by atoms with Crippen molar-refractivity contribution in [3.05, 3.63) is 226 Å². The fourth-order valence-electron chi connectivity index (χ4n) is 17.4. The number of pyridine rings is 4. The molecule has 3 aliphatic carbocycles. The molecule has 1 aromatic carbocycles. The number of hydrogen-bond donors (Lipinski definition) is 7. The van der Waals surface area contributed by atoms with E-state index in [1.165, 1.54) is 163 Å². The van der Waals surface area contributed by atoms with Gasteiger partial charge in [-0.2, -0.15) is 5.10 Å². The number of hydrogen-bond acceptors (Lipinski definition) is 22. The van der Waals surface area contributed by atoms with Gasteiger partial charge < -0.3 is 66.6 Å². The van der Waals surface area contributed by atoms with Crippen molar-refractivity contribution in [1.82, 2.24) is 86.9 Å². The van der Waals surface area contributed by atoms with Crippen molar-refractivity contribution < 1.29 is 0 Å². The molecule has 14 heterocycles. The van der Waals surface area contributed by atoms with Gasteiger partial charge in [-0.25, -0.2) is 29.9 Å². The monoisotopic (exact) mass is 1620 g/mol. The molecule has 10 aliphatic rings. The summed E-state index contributed by atoms with van der Waals surface area (Å²) >= 11 is 0. The number of aromatic nitrogens is 10. The maximum Gasteiger partial charge on any atom is 0.225 e. The molecule has 18 rings (SSSR count). The Balaban J connectivity index is 0.000000128. The highest BCUT2D eigenvalue weighted by Gasteiger charge is 2.34. The van der Waals surface area contributed by atoms with Crippen LogP contribution in [0.5, 0.6) is 0 Å². The van der Waals surface area contributed by atoms with Crippen LogP contribution in [-0.4, -0.2) is 217 Å². The highest BCUT2D eigenvalue weighted by Crippen LogP contribution is 2.36. The summed E-state index contributed by atoms with van der Waals surface area (Å²) in [6.45, 7) is 35.6. The third-order valence-electron chi connectivity index (χ3n) is 24.5. The molecule has 7 N–H and O–H groups in total. The Bertz CT molecular complexity index is 3640. The van der Waals surface area contributed by atoms with Crippen LogP contribution < -0.4 is 66.6 Å². The zero-order valence-electron chi connectivity index (χ0n) is 71.6. The second kappa shape index (κ2) is 50.9. The summed E-state index contributed by atoms with van der Waals surface area (Å²) in [4.78, 5) is 49.5. The van der Waals surface area contributed by atoms with E-state index >= 15 is 0 Å². The van der Waals surface area contributed by atoms with Crippen LogP contribution >= 0.6 is 0 Å². The first-order chi connectivity index (χ1) is 58.9. The minimum absolute atomic E-state index is 0.529. The molecule has 119 heavy (non-hydrogen) atoms. The molecule has 10 fully saturated rings. The third-order valence-corrected chi connectivity index (χ3v) is 24.5. The van der Waals surface area contributed by atoms with Gasteiger partial charge in [0.15, 0.2) is 0 Å². The van der Waals surface area contributed by atoms with Gasteiger partial charge in [0.1, 0.15) is 11.6 Å². The maximum absolute atomic E-state index is 4.89. The van der Waals surface area contributed by atoms with Gasteiger partial charge >= 0.3 is 0 Å². The minimum atomic E-state index is 0.529. The normalized spacial score (nSPS) is 18.8. The first-order valence-corrected chi connectivity index (χ1v) is 45.6. The number of piperidine rings is 7. The van der Waals surface area contributed by atoms with E-state index in [9.17, 15) is 0 Å². The number of benzene rings is 1. The van der Waals surface area contributed by atoms with E-state index < -0.39 is 0 Å². The molecule has 23 heteroatoms. The second-order valence-electron chi connectivity index (χ2n) is 33.5. The van der Waals surface area contributed by atoms with Crippen LogP contribution in [0.4, 0.5) is 34.9 Å². The predicted molar refractivity (Wildman–Crippen MR) is 491 cm³/mol. The van der Waals surface area contributed by atoms with E-state index in [-0.39, 0.29) is 0 Å². The smallest absolute Gasteiger partial charge is 0.225 e. The highest BCUT2D eigenvalue weighted by molar-refractivity contribution is 5.47. The first-order valence-electron chi connectivity index (χ1n) is 45.6. The van der Waals surface area contributed by atoms with Crippen LogP contribution in [0, 0.1) is 17.8 Å². The van der Waals surface area contributed by atoms with Crippen molar-refractivity contribution in [3.8, 4) is 0 Å². The quantitative estimate of drug-likeness (QED) is 0.0226. The molecular weight excluding hydrogens is 1480 g/mol. The maximum atomic E-state index is 4.89. The van der Waals surface area contributed by atoms with Crippen molar-refractivity contribution >= 4 is 34.9 Å². The summed E-state index contributed by atoms with van der Waals surface area (Å²) in [7, 11) is 0. The van der Waals surface area contributed by atoms with E-state index in [4.69, 9.17) is 5.10 Å². The minimum Gasteiger partial charge on any atom is -0.367 e. The van der Waals surface area contributed by atoms with Crippen molar-refractivity contribution in [2.75, 3.05) is 160 Å². The Labute approximate surface area is 712 Å². The Kier molecular flexibility index (Phi) is 38.1. The molecule has 0 atom stereocenters. The lowest BCUT2D eigenvalue weighted by Gasteiger charge is -2.36. The SMILES string of the molecule is C=CCN(c1ccccn1)C1CCNCC1.C=CCN(c1cccnc1)C1CCNCC1.C=CCN(c1ncccn1)C1CCNCC1.CCc1cc(Cc2ccccc2)nn1C1CCNCC1.c1ccc(N(CC2CC2)C2CCNCC2)nc1.c1cnc(N(CC2CC2)C2CCNCC2)nc1.c1cncc(N(CC2CC2)C2CCNCC2)c1. The van der Waals surface area contributed by atoms with Crippen molar-refractivity contribution in [2.45, 2.75) is 190 Å². The molecule has 7 aliphatic heterocycles. The van der Waals surface area contributed by atoms with Gasteiger partial charge in [0, 0.05) is 137 Å². The summed E-state index contributed by atoms with van der Waals surface area (Å²) in [5, 5.41) is 28.8. The van der Waals surface area contributed by atoms with Crippen molar-refractivity contribution in [1.29, 1.82) is 0 Å². The molecule has 0 radical (unpaired) electrons. The molecule has 0 spiro atoms. The standard InChI is InChI=1S/C17H23N3.2C14H21N3.C13H20N4.2C13H19N3.C12H18N4/c1-2-16-13-15(12-14-6-4-3-5-7-14)19-20(16)17-8-10-18-11-9-17;1-2-14(10-16-7-1)17(11-12-3-4-12)13-5-8-15-9-6-13;1-2-8-16-14(3-1)17(11-12-4-5-12)13-6-9-15-10-7-13;1-6-15-13(16-7-1)17(10-11-2-3-11)12-4-8-14-9-5-12;1-2-10-16(12-5-8-14-9-6-12)13-4-3-7-15-11-13;1-2-11-16(12-6-9-14-10-7-12)13-5-3-4-8-15-13;1-2-10-16(11-4-8-13-9-5-11)12-14-6-3-7-15-12/h3-7,13,17-18H,2,8-12H2,1H3;1-2,7,10,12-13,15H,3-6,8-9,11H2;1-3,8,12-13,15H,4-7,9-11H2;1,6-7,11-12,14H,2-5,8-10H2;2-4,7,11-12,14H,1,5-6,8-10H2;2-5,8,12,14H,1,6-7,9-11H2;2-3,6-7,11,13H,1,4-5,8-10H2. The fraction of sp³-hybridized carbons (Fsp3) is 0.552. The van der Waals surface area contributed by atoms with Gasteiger partial charge in [0.05, 0.1) is 35.5 Å². The summed E-state index contributed by atoms with van der Waals surface area (Å²) in [5.74, 6) is 6.71. The van der Waals surface area contributed by atoms with Crippen LogP contribution in [0.1, 0.15) is 158 Å². The molecule has 7 saturated heterocycles. The lowest BCUT2D eigenvalue weighted by Crippen LogP contribution is -2.44. The number of rotatable bonds is 28. The van der Waals surface area contributed by atoms with E-state index in [1.54, 1.807) is 12.4 Å². The molecule has 7 aromatic heterocycles. The molecule has 0 bridgehead atoms. The van der Waals surface area contributed by atoms with Gasteiger partial charge in [0.2, 0.25) is 11.9 Å². The molecule has 23 nitrogen and oxygen atoms in total. The number of nitrogens with zero attached hydrogens (tertiary/aromatic N) is 16. The zero-order valence-corrected chi connectivity index (χ0v) is 71.6. The van der Waals surface area contributed by atoms with Crippen LogP contribution in [0.15, 0.2) is 209 Å². The third kappa shape index (κ3) is 30.2. The van der Waals surface area contributed by atoms with Crippen LogP contribution in [-0.2, 0) is 12.8 Å². The Hall–Kier alpha value is -9.07. The average Bonchev–Trinajstić information content (AvgIpc) is 1.67.